The van der Waals surface area contributed by atoms with Gasteiger partial charge in [0.2, 0.25) is 5.91 Å². The second kappa shape index (κ2) is 4.03. The van der Waals surface area contributed by atoms with Crippen LogP contribution in [0.1, 0.15) is 13.3 Å². The molecule has 1 saturated heterocycles. The molecule has 1 unspecified atom stereocenters. The molecule has 0 aliphatic carbocycles. The number of amides is 1. The van der Waals surface area contributed by atoms with Crippen molar-refractivity contribution in [1.82, 2.24) is 0 Å². The van der Waals surface area contributed by atoms with Crippen molar-refractivity contribution in [2.45, 2.75) is 13.3 Å². The van der Waals surface area contributed by atoms with E-state index in [1.54, 1.807) is 17.0 Å². The zero-order valence-corrected chi connectivity index (χ0v) is 9.85. The van der Waals surface area contributed by atoms with Crippen molar-refractivity contribution in [3.63, 3.8) is 0 Å². The number of rotatable bonds is 1. The van der Waals surface area contributed by atoms with Crippen LogP contribution in [0, 0.1) is 5.92 Å². The summed E-state index contributed by atoms with van der Waals surface area (Å²) < 4.78 is 0. The highest BCUT2D eigenvalue weighted by atomic mass is 35.5. The monoisotopic (exact) mass is 243 g/mol. The third-order valence-corrected chi connectivity index (χ3v) is 3.43. The largest absolute Gasteiger partial charge is 0.312 e. The summed E-state index contributed by atoms with van der Waals surface area (Å²) in [6.45, 7) is 2.71. The van der Waals surface area contributed by atoms with Crippen LogP contribution in [0.3, 0.4) is 0 Å². The summed E-state index contributed by atoms with van der Waals surface area (Å²) in [6.07, 6.45) is 0.902. The number of carbonyl (C=O) groups excluding carboxylic acids is 1. The molecule has 2 rings (SSSR count). The summed E-state index contributed by atoms with van der Waals surface area (Å²) in [7, 11) is 0. The number of nitrogens with zero attached hydrogens (tertiary/aromatic N) is 1. The smallest absolute Gasteiger partial charge is 0.229 e. The Labute approximate surface area is 98.8 Å². The van der Waals surface area contributed by atoms with Crippen LogP contribution in [0.15, 0.2) is 18.2 Å². The lowest BCUT2D eigenvalue weighted by molar-refractivity contribution is -0.119. The first-order chi connectivity index (χ1) is 7.09. The van der Waals surface area contributed by atoms with Gasteiger partial charge >= 0.3 is 0 Å². The van der Waals surface area contributed by atoms with Crippen molar-refractivity contribution in [1.29, 1.82) is 0 Å². The molecule has 0 spiro atoms. The van der Waals surface area contributed by atoms with Crippen LogP contribution >= 0.6 is 23.2 Å². The molecule has 80 valence electrons. The van der Waals surface area contributed by atoms with Gasteiger partial charge in [0.15, 0.2) is 0 Å². The minimum Gasteiger partial charge on any atom is -0.312 e. The van der Waals surface area contributed by atoms with Gasteiger partial charge in [-0.15, -0.1) is 0 Å². The number of carbonyl (C=O) groups is 1. The highest BCUT2D eigenvalue weighted by Gasteiger charge is 2.28. The fourth-order valence-corrected chi connectivity index (χ4v) is 2.02. The first-order valence-electron chi connectivity index (χ1n) is 4.86. The first-order valence-corrected chi connectivity index (χ1v) is 5.61. The quantitative estimate of drug-likeness (QED) is 0.741. The molecule has 1 fully saturated rings. The van der Waals surface area contributed by atoms with Crippen molar-refractivity contribution in [2.75, 3.05) is 11.4 Å². The lowest BCUT2D eigenvalue weighted by Crippen LogP contribution is -2.26. The van der Waals surface area contributed by atoms with Crippen molar-refractivity contribution >= 4 is 34.8 Å². The van der Waals surface area contributed by atoms with Gasteiger partial charge in [-0.25, -0.2) is 0 Å². The predicted molar refractivity (Wildman–Crippen MR) is 62.6 cm³/mol. The Balaban J connectivity index is 2.31. The maximum Gasteiger partial charge on any atom is 0.229 e. The minimum atomic E-state index is 0.111. The zero-order chi connectivity index (χ0) is 11.0. The molecule has 0 radical (unpaired) electrons. The van der Waals surface area contributed by atoms with Gasteiger partial charge in [-0.2, -0.15) is 0 Å². The van der Waals surface area contributed by atoms with Crippen LogP contribution < -0.4 is 4.90 Å². The highest BCUT2D eigenvalue weighted by Crippen LogP contribution is 2.30. The van der Waals surface area contributed by atoms with E-state index >= 15 is 0 Å². The molecular weight excluding hydrogens is 233 g/mol. The Bertz CT molecular complexity index is 406. The lowest BCUT2D eigenvalue weighted by atomic mass is 10.1. The van der Waals surface area contributed by atoms with Crippen LogP contribution in [-0.4, -0.2) is 12.5 Å². The highest BCUT2D eigenvalue weighted by molar-refractivity contribution is 6.42. The maximum absolute atomic E-state index is 11.8. The van der Waals surface area contributed by atoms with E-state index in [0.717, 1.165) is 18.7 Å². The third-order valence-electron chi connectivity index (χ3n) is 2.69. The Kier molecular flexibility index (Phi) is 2.89. The normalized spacial score (nSPS) is 21.1. The molecule has 1 aliphatic rings. The summed E-state index contributed by atoms with van der Waals surface area (Å²) in [5, 5.41) is 1.00. The Morgan fingerprint density at radius 1 is 1.33 bits per heavy atom. The number of benzene rings is 1. The number of hydrogen-bond donors (Lipinski definition) is 0. The Hall–Kier alpha value is -0.730. The fourth-order valence-electron chi connectivity index (χ4n) is 1.73. The standard InChI is InChI=1S/C11H11Cl2NO/c1-7-4-5-14(11(7)15)8-2-3-9(12)10(13)6-8/h2-3,6-7H,4-5H2,1H3. The number of anilines is 1. The van der Waals surface area contributed by atoms with E-state index in [9.17, 15) is 4.79 Å². The van der Waals surface area contributed by atoms with E-state index < -0.39 is 0 Å². The molecule has 15 heavy (non-hydrogen) atoms. The van der Waals surface area contributed by atoms with Crippen LogP contribution in [0.2, 0.25) is 10.0 Å². The van der Waals surface area contributed by atoms with E-state index in [1.807, 2.05) is 13.0 Å². The summed E-state index contributed by atoms with van der Waals surface area (Å²) >= 11 is 11.7. The molecule has 4 heteroatoms. The fraction of sp³-hybridized carbons (Fsp3) is 0.364. The van der Waals surface area contributed by atoms with Gasteiger partial charge in [0, 0.05) is 18.2 Å². The van der Waals surface area contributed by atoms with E-state index in [4.69, 9.17) is 23.2 Å². The van der Waals surface area contributed by atoms with E-state index in [-0.39, 0.29) is 11.8 Å². The van der Waals surface area contributed by atoms with Crippen LogP contribution in [0.5, 0.6) is 0 Å². The predicted octanol–water partition coefficient (Wildman–Crippen LogP) is 3.37. The van der Waals surface area contributed by atoms with Crippen molar-refractivity contribution < 1.29 is 4.79 Å². The van der Waals surface area contributed by atoms with Crippen LogP contribution in [0.4, 0.5) is 5.69 Å². The summed E-state index contributed by atoms with van der Waals surface area (Å²) in [5.74, 6) is 0.271. The number of hydrogen-bond acceptors (Lipinski definition) is 1. The molecule has 1 aromatic rings. The Morgan fingerprint density at radius 3 is 2.60 bits per heavy atom. The molecule has 1 aliphatic heterocycles. The Morgan fingerprint density at radius 2 is 2.07 bits per heavy atom. The SMILES string of the molecule is CC1CCN(c2ccc(Cl)c(Cl)c2)C1=O. The molecule has 1 atom stereocenters. The van der Waals surface area contributed by atoms with E-state index in [1.165, 1.54) is 0 Å². The molecule has 0 aromatic heterocycles. The van der Waals surface area contributed by atoms with Gasteiger partial charge < -0.3 is 4.90 Å². The van der Waals surface area contributed by atoms with Gasteiger partial charge in [0.25, 0.3) is 0 Å². The topological polar surface area (TPSA) is 20.3 Å². The van der Waals surface area contributed by atoms with Crippen LogP contribution in [0.25, 0.3) is 0 Å². The average molecular weight is 244 g/mol. The lowest BCUT2D eigenvalue weighted by Gasteiger charge is -2.16. The van der Waals surface area contributed by atoms with Gasteiger partial charge in [0.05, 0.1) is 10.0 Å². The van der Waals surface area contributed by atoms with Crippen molar-refractivity contribution in [3.8, 4) is 0 Å². The average Bonchev–Trinajstić information content (AvgIpc) is 2.53. The van der Waals surface area contributed by atoms with E-state index in [0.29, 0.717) is 10.0 Å². The maximum atomic E-state index is 11.8. The van der Waals surface area contributed by atoms with Gasteiger partial charge in [0.1, 0.15) is 0 Å². The van der Waals surface area contributed by atoms with Gasteiger partial charge in [-0.3, -0.25) is 4.79 Å². The first kappa shape index (κ1) is 10.8. The summed E-state index contributed by atoms with van der Waals surface area (Å²) in [6, 6.07) is 5.28. The summed E-state index contributed by atoms with van der Waals surface area (Å²) in [4.78, 5) is 13.5. The van der Waals surface area contributed by atoms with Gasteiger partial charge in [-0.05, 0) is 24.6 Å². The van der Waals surface area contributed by atoms with Crippen LogP contribution in [-0.2, 0) is 4.79 Å². The third kappa shape index (κ3) is 1.97. The second-order valence-electron chi connectivity index (χ2n) is 3.78. The van der Waals surface area contributed by atoms with Crippen molar-refractivity contribution in [2.24, 2.45) is 5.92 Å². The molecule has 1 aromatic carbocycles. The zero-order valence-electron chi connectivity index (χ0n) is 8.34. The number of halogens is 2. The second-order valence-corrected chi connectivity index (χ2v) is 4.59. The molecule has 1 heterocycles. The molecule has 0 saturated carbocycles. The molecule has 0 N–H and O–H groups in total. The van der Waals surface area contributed by atoms with Gasteiger partial charge in [-0.1, -0.05) is 30.1 Å². The minimum absolute atomic E-state index is 0.111. The van der Waals surface area contributed by atoms with E-state index in [2.05, 4.69) is 0 Å². The molecular formula is C11H11Cl2NO. The summed E-state index contributed by atoms with van der Waals surface area (Å²) in [5.41, 5.74) is 0.832. The molecule has 2 nitrogen and oxygen atoms in total. The molecule has 0 bridgehead atoms. The molecule has 1 amide bonds. The van der Waals surface area contributed by atoms with Crippen molar-refractivity contribution in [3.05, 3.63) is 28.2 Å².